The number of carbonyl (C=O) groups excluding carboxylic acids is 1. The van der Waals surface area contributed by atoms with E-state index in [9.17, 15) is 14.9 Å². The molecule has 124 valence electrons. The number of benzene rings is 1. The number of non-ortho nitro benzene ring substituents is 1. The van der Waals surface area contributed by atoms with Crippen LogP contribution in [0.2, 0.25) is 0 Å². The van der Waals surface area contributed by atoms with Crippen LogP contribution in [0, 0.1) is 10.1 Å². The van der Waals surface area contributed by atoms with Gasteiger partial charge in [0.15, 0.2) is 0 Å². The summed E-state index contributed by atoms with van der Waals surface area (Å²) in [6, 6.07) is 10.1. The van der Waals surface area contributed by atoms with E-state index in [1.54, 1.807) is 23.2 Å². The van der Waals surface area contributed by atoms with E-state index in [1.165, 1.54) is 23.9 Å². The van der Waals surface area contributed by atoms with Crippen LogP contribution in [0.5, 0.6) is 0 Å². The topological polar surface area (TPSA) is 76.3 Å². The Morgan fingerprint density at radius 2 is 2.08 bits per heavy atom. The maximum Gasteiger partial charge on any atom is 0.269 e. The molecule has 6 nitrogen and oxygen atoms in total. The molecule has 1 aliphatic heterocycles. The third-order valence-electron chi connectivity index (χ3n) is 3.93. The van der Waals surface area contributed by atoms with Crippen molar-refractivity contribution in [3.05, 3.63) is 58.4 Å². The van der Waals surface area contributed by atoms with Crippen LogP contribution in [0.25, 0.3) is 0 Å². The Kier molecular flexibility index (Phi) is 4.80. The minimum atomic E-state index is -0.430. The van der Waals surface area contributed by atoms with E-state index in [0.717, 1.165) is 29.1 Å². The molecule has 0 N–H and O–H groups in total. The Labute approximate surface area is 144 Å². The van der Waals surface area contributed by atoms with Gasteiger partial charge in [0.05, 0.1) is 21.6 Å². The minimum absolute atomic E-state index is 0.0345. The molecule has 0 spiro atoms. The van der Waals surface area contributed by atoms with Gasteiger partial charge in [0.25, 0.3) is 5.69 Å². The molecular formula is C17H17N3O3S. The molecule has 2 heterocycles. The van der Waals surface area contributed by atoms with Crippen molar-refractivity contribution < 1.29 is 9.72 Å². The summed E-state index contributed by atoms with van der Waals surface area (Å²) in [5.74, 6) is 0.0345. The van der Waals surface area contributed by atoms with Gasteiger partial charge in [-0.3, -0.25) is 19.9 Å². The summed E-state index contributed by atoms with van der Waals surface area (Å²) in [6.45, 7) is 2.56. The van der Waals surface area contributed by atoms with Gasteiger partial charge in [0, 0.05) is 29.8 Å². The Morgan fingerprint density at radius 1 is 1.33 bits per heavy atom. The number of pyridine rings is 1. The highest BCUT2D eigenvalue weighted by Crippen LogP contribution is 2.30. The summed E-state index contributed by atoms with van der Waals surface area (Å²) in [5.41, 5.74) is 1.91. The number of rotatable bonds is 4. The molecule has 0 fully saturated rings. The third-order valence-corrected chi connectivity index (χ3v) is 5.03. The maximum atomic E-state index is 12.8. The van der Waals surface area contributed by atoms with Crippen LogP contribution in [0.4, 0.5) is 11.4 Å². The van der Waals surface area contributed by atoms with Gasteiger partial charge in [-0.2, -0.15) is 0 Å². The zero-order valence-electron chi connectivity index (χ0n) is 13.2. The van der Waals surface area contributed by atoms with Crippen molar-refractivity contribution >= 4 is 29.0 Å². The fraction of sp³-hybridized carbons (Fsp3) is 0.294. The van der Waals surface area contributed by atoms with Crippen LogP contribution in [0.15, 0.2) is 47.5 Å². The molecule has 24 heavy (non-hydrogen) atoms. The summed E-state index contributed by atoms with van der Waals surface area (Å²) in [4.78, 5) is 30.1. The molecule has 1 aromatic heterocycles. The molecule has 2 aromatic rings. The number of fused-ring (bicyclic) bond motifs is 1. The predicted octanol–water partition coefficient (Wildman–Crippen LogP) is 3.45. The molecule has 1 aromatic carbocycles. The molecule has 0 bridgehead atoms. The molecule has 1 atom stereocenters. The normalized spacial score (nSPS) is 14.8. The second-order valence-corrected chi connectivity index (χ2v) is 6.99. The van der Waals surface area contributed by atoms with Crippen molar-refractivity contribution in [2.24, 2.45) is 0 Å². The number of nitrogens with zero attached hydrogens (tertiary/aromatic N) is 3. The molecule has 0 saturated heterocycles. The lowest BCUT2D eigenvalue weighted by atomic mass is 10.1. The van der Waals surface area contributed by atoms with Crippen molar-refractivity contribution in [3.63, 3.8) is 0 Å². The van der Waals surface area contributed by atoms with Gasteiger partial charge in [0.2, 0.25) is 5.91 Å². The van der Waals surface area contributed by atoms with E-state index < -0.39 is 4.92 Å². The zero-order chi connectivity index (χ0) is 17.1. The van der Waals surface area contributed by atoms with E-state index in [1.807, 2.05) is 19.1 Å². The highest BCUT2D eigenvalue weighted by Gasteiger charge is 2.27. The lowest BCUT2D eigenvalue weighted by Crippen LogP contribution is -2.40. The molecule has 3 rings (SSSR count). The molecule has 0 saturated carbocycles. The first-order valence-corrected chi connectivity index (χ1v) is 8.60. The summed E-state index contributed by atoms with van der Waals surface area (Å²) in [5, 5.41) is 10.4. The van der Waals surface area contributed by atoms with Gasteiger partial charge >= 0.3 is 0 Å². The highest BCUT2D eigenvalue weighted by atomic mass is 32.2. The molecule has 1 amide bonds. The summed E-state index contributed by atoms with van der Waals surface area (Å²) < 4.78 is 0. The van der Waals surface area contributed by atoms with Crippen molar-refractivity contribution in [1.29, 1.82) is 0 Å². The standard InChI is InChI=1S/C17H17N3O3S/c1-12(24-14-8-6-13(7-9-14)20(22)23)17(21)19-11-3-4-15-16(19)5-2-10-18-15/h2,5-10,12H,3-4,11H2,1H3. The number of nitro groups is 1. The van der Waals surface area contributed by atoms with Gasteiger partial charge in [-0.1, -0.05) is 0 Å². The molecular weight excluding hydrogens is 326 g/mol. The molecule has 1 aliphatic rings. The highest BCUT2D eigenvalue weighted by molar-refractivity contribution is 8.00. The van der Waals surface area contributed by atoms with Gasteiger partial charge < -0.3 is 4.90 Å². The van der Waals surface area contributed by atoms with Crippen LogP contribution in [0.3, 0.4) is 0 Å². The number of aromatic nitrogens is 1. The first kappa shape index (κ1) is 16.4. The number of anilines is 1. The van der Waals surface area contributed by atoms with E-state index >= 15 is 0 Å². The number of amides is 1. The number of thioether (sulfide) groups is 1. The maximum absolute atomic E-state index is 12.8. The SMILES string of the molecule is CC(Sc1ccc([N+](=O)[O-])cc1)C(=O)N1CCCc2ncccc21. The fourth-order valence-corrected chi connectivity index (χ4v) is 3.67. The molecule has 7 heteroatoms. The Hall–Kier alpha value is -2.41. The Morgan fingerprint density at radius 3 is 2.79 bits per heavy atom. The van der Waals surface area contributed by atoms with Crippen molar-refractivity contribution in [1.82, 2.24) is 4.98 Å². The molecule has 0 aliphatic carbocycles. The van der Waals surface area contributed by atoms with Crippen molar-refractivity contribution in [2.75, 3.05) is 11.4 Å². The summed E-state index contributed by atoms with van der Waals surface area (Å²) in [7, 11) is 0. The predicted molar refractivity (Wildman–Crippen MR) is 93.3 cm³/mol. The average Bonchev–Trinajstić information content (AvgIpc) is 2.61. The van der Waals surface area contributed by atoms with E-state index in [-0.39, 0.29) is 16.8 Å². The smallest absolute Gasteiger partial charge is 0.269 e. The van der Waals surface area contributed by atoms with Crippen molar-refractivity contribution in [2.45, 2.75) is 29.9 Å². The average molecular weight is 343 g/mol. The van der Waals surface area contributed by atoms with Gasteiger partial charge in [0.1, 0.15) is 0 Å². The van der Waals surface area contributed by atoms with Crippen LogP contribution >= 0.6 is 11.8 Å². The number of aryl methyl sites for hydroxylation is 1. The second kappa shape index (κ2) is 7.00. The first-order chi connectivity index (χ1) is 11.6. The van der Waals surface area contributed by atoms with E-state index in [0.29, 0.717) is 6.54 Å². The van der Waals surface area contributed by atoms with Gasteiger partial charge in [-0.15, -0.1) is 11.8 Å². The first-order valence-electron chi connectivity index (χ1n) is 7.72. The molecule has 1 unspecified atom stereocenters. The molecule has 0 radical (unpaired) electrons. The lowest BCUT2D eigenvalue weighted by molar-refractivity contribution is -0.384. The number of hydrogen-bond acceptors (Lipinski definition) is 5. The Balaban J connectivity index is 1.72. The third kappa shape index (κ3) is 3.41. The summed E-state index contributed by atoms with van der Waals surface area (Å²) >= 11 is 1.41. The quantitative estimate of drug-likeness (QED) is 0.483. The monoisotopic (exact) mass is 343 g/mol. The second-order valence-electron chi connectivity index (χ2n) is 5.57. The number of nitro benzene ring substituents is 1. The fourth-order valence-electron chi connectivity index (χ4n) is 2.74. The van der Waals surface area contributed by atoms with Gasteiger partial charge in [-0.25, -0.2) is 0 Å². The Bertz CT molecular complexity index is 764. The van der Waals surface area contributed by atoms with Crippen LogP contribution in [0.1, 0.15) is 19.0 Å². The van der Waals surface area contributed by atoms with Crippen LogP contribution < -0.4 is 4.90 Å². The number of carbonyl (C=O) groups is 1. The summed E-state index contributed by atoms with van der Waals surface area (Å²) in [6.07, 6.45) is 3.55. The van der Waals surface area contributed by atoms with Gasteiger partial charge in [-0.05, 0) is 44.0 Å². The van der Waals surface area contributed by atoms with E-state index in [2.05, 4.69) is 4.98 Å². The zero-order valence-corrected chi connectivity index (χ0v) is 14.0. The number of hydrogen-bond donors (Lipinski definition) is 0. The van der Waals surface area contributed by atoms with Crippen LogP contribution in [-0.4, -0.2) is 27.6 Å². The van der Waals surface area contributed by atoms with Crippen molar-refractivity contribution in [3.8, 4) is 0 Å². The lowest BCUT2D eigenvalue weighted by Gasteiger charge is -2.30. The minimum Gasteiger partial charge on any atom is -0.310 e. The van der Waals surface area contributed by atoms with E-state index in [4.69, 9.17) is 0 Å². The largest absolute Gasteiger partial charge is 0.310 e. The van der Waals surface area contributed by atoms with Crippen LogP contribution in [-0.2, 0) is 11.2 Å².